The smallest absolute Gasteiger partial charge is 0.387 e. The summed E-state index contributed by atoms with van der Waals surface area (Å²) in [5, 5.41) is 5.17. The summed E-state index contributed by atoms with van der Waals surface area (Å²) in [4.78, 5) is 11.8. The van der Waals surface area contributed by atoms with Gasteiger partial charge in [-0.3, -0.25) is 4.79 Å². The van der Waals surface area contributed by atoms with Crippen molar-refractivity contribution in [3.05, 3.63) is 54.3 Å². The third-order valence-electron chi connectivity index (χ3n) is 2.65. The maximum absolute atomic E-state index is 13.0. The lowest BCUT2D eigenvalue weighted by molar-refractivity contribution is -0.114. The molecule has 2 N–H and O–H groups in total. The lowest BCUT2D eigenvalue weighted by Crippen LogP contribution is -2.22. The van der Waals surface area contributed by atoms with Crippen LogP contribution in [-0.4, -0.2) is 19.1 Å². The first-order valence-corrected chi connectivity index (χ1v) is 6.38. The summed E-state index contributed by atoms with van der Waals surface area (Å²) in [5.41, 5.74) is 0.570. The molecule has 116 valence electrons. The van der Waals surface area contributed by atoms with Crippen LogP contribution in [0.25, 0.3) is 0 Å². The topological polar surface area (TPSA) is 50.4 Å². The average Bonchev–Trinajstić information content (AvgIpc) is 2.47. The number of carbonyl (C=O) groups excluding carboxylic acids is 1. The van der Waals surface area contributed by atoms with E-state index in [-0.39, 0.29) is 18.0 Å². The third kappa shape index (κ3) is 4.69. The quantitative estimate of drug-likeness (QED) is 0.859. The van der Waals surface area contributed by atoms with Crippen molar-refractivity contribution in [3.8, 4) is 5.75 Å². The molecule has 1 amide bonds. The van der Waals surface area contributed by atoms with Crippen molar-refractivity contribution in [1.29, 1.82) is 0 Å². The molecule has 0 bridgehead atoms. The van der Waals surface area contributed by atoms with E-state index in [1.54, 1.807) is 12.1 Å². The van der Waals surface area contributed by atoms with Crippen molar-refractivity contribution in [2.75, 3.05) is 17.2 Å². The Labute approximate surface area is 124 Å². The molecular weight excluding hydrogens is 297 g/mol. The third-order valence-corrected chi connectivity index (χ3v) is 2.65. The van der Waals surface area contributed by atoms with Crippen LogP contribution in [0.15, 0.2) is 48.5 Å². The van der Waals surface area contributed by atoms with E-state index in [9.17, 15) is 18.0 Å². The van der Waals surface area contributed by atoms with Gasteiger partial charge in [0.15, 0.2) is 0 Å². The molecule has 0 unspecified atom stereocenters. The standard InChI is InChI=1S/C15H13F3N2O2/c16-10-4-3-5-11(8-10)19-9-14(21)20-12-6-1-2-7-13(12)22-15(17)18/h1-8,15,19H,9H2,(H,20,21). The highest BCUT2D eigenvalue weighted by Gasteiger charge is 2.11. The van der Waals surface area contributed by atoms with Gasteiger partial charge in [-0.25, -0.2) is 4.39 Å². The number of hydrogen-bond donors (Lipinski definition) is 2. The van der Waals surface area contributed by atoms with Crippen LogP contribution in [0, 0.1) is 5.82 Å². The number of hydrogen-bond acceptors (Lipinski definition) is 3. The number of anilines is 2. The van der Waals surface area contributed by atoms with E-state index < -0.39 is 18.3 Å². The van der Waals surface area contributed by atoms with Crippen LogP contribution in [0.4, 0.5) is 24.5 Å². The largest absolute Gasteiger partial charge is 0.433 e. The summed E-state index contributed by atoms with van der Waals surface area (Å²) in [6.07, 6.45) is 0. The first-order chi connectivity index (χ1) is 10.5. The number of alkyl halides is 2. The van der Waals surface area contributed by atoms with Crippen LogP contribution in [0.5, 0.6) is 5.75 Å². The minimum absolute atomic E-state index is 0.128. The van der Waals surface area contributed by atoms with Crippen LogP contribution >= 0.6 is 0 Å². The Bertz CT molecular complexity index is 650. The normalized spacial score (nSPS) is 10.4. The Morgan fingerprint density at radius 1 is 1.14 bits per heavy atom. The zero-order chi connectivity index (χ0) is 15.9. The maximum Gasteiger partial charge on any atom is 0.387 e. The Balaban J connectivity index is 1.95. The molecule has 0 heterocycles. The van der Waals surface area contributed by atoms with Crippen molar-refractivity contribution < 1.29 is 22.7 Å². The fourth-order valence-electron chi connectivity index (χ4n) is 1.74. The number of ether oxygens (including phenoxy) is 1. The van der Waals surface area contributed by atoms with Crippen molar-refractivity contribution in [1.82, 2.24) is 0 Å². The first-order valence-electron chi connectivity index (χ1n) is 6.38. The molecule has 0 atom stereocenters. The minimum atomic E-state index is -2.98. The SMILES string of the molecule is O=C(CNc1cccc(F)c1)Nc1ccccc1OC(F)F. The molecule has 0 aliphatic rings. The summed E-state index contributed by atoms with van der Waals surface area (Å²) >= 11 is 0. The van der Waals surface area contributed by atoms with Crippen LogP contribution in [0.2, 0.25) is 0 Å². The Morgan fingerprint density at radius 2 is 1.91 bits per heavy atom. The number of benzene rings is 2. The number of rotatable bonds is 6. The highest BCUT2D eigenvalue weighted by molar-refractivity contribution is 5.95. The molecule has 7 heteroatoms. The van der Waals surface area contributed by atoms with E-state index in [1.165, 1.54) is 36.4 Å². The van der Waals surface area contributed by atoms with Crippen molar-refractivity contribution >= 4 is 17.3 Å². The fourth-order valence-corrected chi connectivity index (χ4v) is 1.74. The predicted molar refractivity (Wildman–Crippen MR) is 76.6 cm³/mol. The molecule has 0 aliphatic heterocycles. The van der Waals surface area contributed by atoms with Crippen LogP contribution in [-0.2, 0) is 4.79 Å². The molecule has 2 aromatic rings. The summed E-state index contributed by atoms with van der Waals surface area (Å²) < 4.78 is 41.8. The number of nitrogens with one attached hydrogen (secondary N) is 2. The second-order valence-electron chi connectivity index (χ2n) is 4.29. The monoisotopic (exact) mass is 310 g/mol. The average molecular weight is 310 g/mol. The van der Waals surface area contributed by atoms with E-state index in [0.717, 1.165) is 0 Å². The second kappa shape index (κ2) is 7.35. The molecule has 2 rings (SSSR count). The van der Waals surface area contributed by atoms with E-state index in [4.69, 9.17) is 0 Å². The van der Waals surface area contributed by atoms with Gasteiger partial charge in [0.25, 0.3) is 0 Å². The first kappa shape index (κ1) is 15.7. The molecule has 2 aromatic carbocycles. The van der Waals surface area contributed by atoms with Gasteiger partial charge in [0, 0.05) is 5.69 Å². The van der Waals surface area contributed by atoms with Gasteiger partial charge >= 0.3 is 6.61 Å². The zero-order valence-corrected chi connectivity index (χ0v) is 11.4. The number of carbonyl (C=O) groups is 1. The van der Waals surface area contributed by atoms with Crippen LogP contribution in [0.3, 0.4) is 0 Å². The Morgan fingerprint density at radius 3 is 2.64 bits per heavy atom. The second-order valence-corrected chi connectivity index (χ2v) is 4.29. The maximum atomic E-state index is 13.0. The van der Waals surface area contributed by atoms with E-state index >= 15 is 0 Å². The van der Waals surface area contributed by atoms with Crippen molar-refractivity contribution in [2.45, 2.75) is 6.61 Å². The van der Waals surface area contributed by atoms with Gasteiger partial charge in [0.1, 0.15) is 11.6 Å². The van der Waals surface area contributed by atoms with Crippen molar-refractivity contribution in [2.24, 2.45) is 0 Å². The van der Waals surface area contributed by atoms with Gasteiger partial charge in [0.2, 0.25) is 5.91 Å². The summed E-state index contributed by atoms with van der Waals surface area (Å²) in [6, 6.07) is 11.5. The molecule has 0 saturated heterocycles. The van der Waals surface area contributed by atoms with Gasteiger partial charge in [-0.1, -0.05) is 18.2 Å². The van der Waals surface area contributed by atoms with E-state index in [2.05, 4.69) is 15.4 Å². The summed E-state index contributed by atoms with van der Waals surface area (Å²) in [6.45, 7) is -3.13. The molecular formula is C15H13F3N2O2. The van der Waals surface area contributed by atoms with E-state index in [0.29, 0.717) is 5.69 Å². The summed E-state index contributed by atoms with van der Waals surface area (Å²) in [7, 11) is 0. The van der Waals surface area contributed by atoms with Gasteiger partial charge in [-0.2, -0.15) is 8.78 Å². The minimum Gasteiger partial charge on any atom is -0.433 e. The number of halogens is 3. The molecule has 0 spiro atoms. The lowest BCUT2D eigenvalue weighted by Gasteiger charge is -2.12. The predicted octanol–water partition coefficient (Wildman–Crippen LogP) is 3.48. The molecule has 4 nitrogen and oxygen atoms in total. The Kier molecular flexibility index (Phi) is 5.24. The molecule has 0 aromatic heterocycles. The van der Waals surface area contributed by atoms with Gasteiger partial charge in [-0.05, 0) is 30.3 Å². The highest BCUT2D eigenvalue weighted by Crippen LogP contribution is 2.25. The molecule has 0 aliphatic carbocycles. The van der Waals surface area contributed by atoms with Gasteiger partial charge in [-0.15, -0.1) is 0 Å². The molecule has 0 radical (unpaired) electrons. The van der Waals surface area contributed by atoms with Crippen LogP contribution < -0.4 is 15.4 Å². The summed E-state index contributed by atoms with van der Waals surface area (Å²) in [5.74, 6) is -1.03. The molecule has 22 heavy (non-hydrogen) atoms. The molecule has 0 fully saturated rings. The number of para-hydroxylation sites is 2. The fraction of sp³-hybridized carbons (Fsp3) is 0.133. The molecule has 0 saturated carbocycles. The van der Waals surface area contributed by atoms with E-state index in [1.807, 2.05) is 0 Å². The lowest BCUT2D eigenvalue weighted by atomic mass is 10.3. The van der Waals surface area contributed by atoms with Gasteiger partial charge < -0.3 is 15.4 Å². The highest BCUT2D eigenvalue weighted by atomic mass is 19.3. The van der Waals surface area contributed by atoms with Crippen molar-refractivity contribution in [3.63, 3.8) is 0 Å². The zero-order valence-electron chi connectivity index (χ0n) is 11.4. The van der Waals surface area contributed by atoms with Crippen LogP contribution in [0.1, 0.15) is 0 Å². The number of amides is 1. The van der Waals surface area contributed by atoms with Gasteiger partial charge in [0.05, 0.1) is 12.2 Å². The Hall–Kier alpha value is -2.70.